The van der Waals surface area contributed by atoms with E-state index in [1.807, 2.05) is 50.2 Å². The molecular formula is C48H54Cl4N2O10. The number of aliphatic carboxylic acids is 2. The van der Waals surface area contributed by atoms with Crippen molar-refractivity contribution in [3.05, 3.63) is 139 Å². The zero-order valence-electron chi connectivity index (χ0n) is 35.9. The third-order valence-corrected chi connectivity index (χ3v) is 12.3. The predicted molar refractivity (Wildman–Crippen MR) is 245 cm³/mol. The van der Waals surface area contributed by atoms with Crippen molar-refractivity contribution in [3.8, 4) is 0 Å². The molecule has 344 valence electrons. The maximum Gasteiger partial charge on any atom is 0.306 e. The molecule has 4 aromatic carbocycles. The summed E-state index contributed by atoms with van der Waals surface area (Å²) in [4.78, 5) is 53.5. The maximum absolute atomic E-state index is 13.5. The Balaban J connectivity index is 0.000000241. The van der Waals surface area contributed by atoms with Crippen LogP contribution < -0.4 is 0 Å². The lowest BCUT2D eigenvalue weighted by Crippen LogP contribution is -2.55. The summed E-state index contributed by atoms with van der Waals surface area (Å²) in [6.45, 7) is 7.23. The van der Waals surface area contributed by atoms with Gasteiger partial charge in [-0.05, 0) is 110 Å². The summed E-state index contributed by atoms with van der Waals surface area (Å²) < 4.78 is 12.3. The number of carboxylic acids is 2. The molecule has 0 spiro atoms. The van der Waals surface area contributed by atoms with Gasteiger partial charge in [0.1, 0.15) is 24.4 Å². The van der Waals surface area contributed by atoms with Gasteiger partial charge >= 0.3 is 11.9 Å². The van der Waals surface area contributed by atoms with Crippen LogP contribution in [0.15, 0.2) is 97.1 Å². The second-order valence-corrected chi connectivity index (χ2v) is 17.9. The molecule has 2 saturated heterocycles. The monoisotopic (exact) mass is 958 g/mol. The number of carbonyl (C=O) groups is 4. The summed E-state index contributed by atoms with van der Waals surface area (Å²) in [7, 11) is 0. The van der Waals surface area contributed by atoms with E-state index in [1.165, 1.54) is 0 Å². The van der Waals surface area contributed by atoms with Crippen LogP contribution in [0, 0.1) is 0 Å². The van der Waals surface area contributed by atoms with Gasteiger partial charge in [0, 0.05) is 32.2 Å². The number of aliphatic hydroxyl groups is 2. The molecule has 2 aliphatic rings. The molecule has 0 saturated carbocycles. The van der Waals surface area contributed by atoms with Crippen LogP contribution in [0.4, 0.5) is 0 Å². The Labute approximate surface area is 393 Å². The lowest BCUT2D eigenvalue weighted by Gasteiger charge is -2.48. The van der Waals surface area contributed by atoms with E-state index in [9.17, 15) is 39.6 Å². The van der Waals surface area contributed by atoms with E-state index < -0.39 is 85.3 Å². The number of hydrogen-bond acceptors (Lipinski definition) is 8. The second-order valence-electron chi connectivity index (χ2n) is 16.2. The van der Waals surface area contributed by atoms with Gasteiger partial charge in [0.05, 0.1) is 37.1 Å². The van der Waals surface area contributed by atoms with E-state index >= 15 is 0 Å². The topological polar surface area (TPSA) is 174 Å². The van der Waals surface area contributed by atoms with Crippen LogP contribution in [0.3, 0.4) is 0 Å². The predicted octanol–water partition coefficient (Wildman–Crippen LogP) is 10.1. The molecule has 2 fully saturated rings. The van der Waals surface area contributed by atoms with Gasteiger partial charge in [0.2, 0.25) is 0 Å². The number of halogens is 4. The van der Waals surface area contributed by atoms with Crippen molar-refractivity contribution in [2.75, 3.05) is 0 Å². The zero-order valence-corrected chi connectivity index (χ0v) is 38.9. The van der Waals surface area contributed by atoms with E-state index in [4.69, 9.17) is 55.9 Å². The van der Waals surface area contributed by atoms with Crippen LogP contribution in [-0.2, 0) is 28.7 Å². The van der Waals surface area contributed by atoms with Crippen molar-refractivity contribution in [3.63, 3.8) is 0 Å². The van der Waals surface area contributed by atoms with Gasteiger partial charge in [-0.3, -0.25) is 19.2 Å². The van der Waals surface area contributed by atoms with Crippen molar-refractivity contribution in [1.82, 2.24) is 9.80 Å². The first-order valence-electron chi connectivity index (χ1n) is 21.2. The van der Waals surface area contributed by atoms with E-state index in [1.54, 1.807) is 84.3 Å². The molecular weight excluding hydrogens is 906 g/mol. The molecule has 0 aromatic heterocycles. The third-order valence-electron chi connectivity index (χ3n) is 11.3. The Morgan fingerprint density at radius 3 is 1.19 bits per heavy atom. The highest BCUT2D eigenvalue weighted by atomic mass is 35.5. The first-order chi connectivity index (χ1) is 30.4. The number of aliphatic hydroxyl groups excluding tert-OH is 2. The number of ether oxygens (including phenoxy) is 2. The molecule has 0 bridgehead atoms. The van der Waals surface area contributed by atoms with Gasteiger partial charge in [-0.2, -0.15) is 0 Å². The number of nitrogens with zero attached hydrogens (tertiary/aromatic N) is 2. The molecule has 0 radical (unpaired) electrons. The zero-order chi connectivity index (χ0) is 46.8. The molecule has 64 heavy (non-hydrogen) atoms. The molecule has 6 rings (SSSR count). The Bertz CT molecular complexity index is 2050. The van der Waals surface area contributed by atoms with Crippen molar-refractivity contribution in [2.24, 2.45) is 0 Å². The van der Waals surface area contributed by atoms with Gasteiger partial charge in [0.15, 0.2) is 0 Å². The first kappa shape index (κ1) is 50.8. The van der Waals surface area contributed by atoms with Gasteiger partial charge in [-0.25, -0.2) is 0 Å². The van der Waals surface area contributed by atoms with Crippen LogP contribution in [0.2, 0.25) is 20.1 Å². The number of hydrogen-bond donors (Lipinski definition) is 4. The largest absolute Gasteiger partial charge is 0.481 e. The number of amides is 2. The summed E-state index contributed by atoms with van der Waals surface area (Å²) in [5.41, 5.74) is 3.06. The number of morpholine rings is 2. The highest BCUT2D eigenvalue weighted by Gasteiger charge is 2.49. The van der Waals surface area contributed by atoms with E-state index in [-0.39, 0.29) is 12.1 Å². The average molecular weight is 961 g/mol. The van der Waals surface area contributed by atoms with E-state index in [0.717, 1.165) is 22.3 Å². The SMILES string of the molecule is CC[C@@H](C[C@@H](C)O)N1C(=O)[C@@H](CC(=O)O)O[C@H](c2cccc(Cl)c2)C1c1ccc(Cl)cc1.CC[C@@H](C[C@H](C)O)N1C(=O)[C@@H](CC(=O)O)O[C@H](c2cccc(Cl)c2)C1c1ccc(Cl)cc1. The van der Waals surface area contributed by atoms with Gasteiger partial charge < -0.3 is 39.7 Å². The third kappa shape index (κ3) is 13.0. The highest BCUT2D eigenvalue weighted by molar-refractivity contribution is 6.31. The number of carbonyl (C=O) groups excluding carboxylic acids is 2. The van der Waals surface area contributed by atoms with Crippen molar-refractivity contribution < 1.29 is 49.1 Å². The lowest BCUT2D eigenvalue weighted by molar-refractivity contribution is -0.184. The summed E-state index contributed by atoms with van der Waals surface area (Å²) in [6, 6.07) is 26.9. The van der Waals surface area contributed by atoms with Crippen LogP contribution in [0.1, 0.15) is 113 Å². The van der Waals surface area contributed by atoms with Gasteiger partial charge in [-0.1, -0.05) is 109 Å². The fourth-order valence-corrected chi connectivity index (χ4v) is 9.19. The summed E-state index contributed by atoms with van der Waals surface area (Å²) >= 11 is 24.7. The second kappa shape index (κ2) is 23.3. The molecule has 16 heteroatoms. The molecule has 2 unspecified atom stereocenters. The number of benzene rings is 4. The standard InChI is InChI=1S/2C24H27Cl2NO5/c2*1-3-19(11-14(2)28)27-22(15-7-9-17(25)10-8-15)23(16-5-4-6-18(26)12-16)32-20(24(27)31)13-21(29)30/h2*4-10,12,14,19-20,22-23,28H,3,11,13H2,1-2H3,(H,29,30)/t14-,19+,20-,22?,23-;14-,19-,20+,22?,23+/m10/s1. The van der Waals surface area contributed by atoms with Crippen LogP contribution in [0.25, 0.3) is 0 Å². The number of rotatable bonds is 16. The molecule has 4 aromatic rings. The Hall–Kier alpha value is -4.24. The highest BCUT2D eigenvalue weighted by Crippen LogP contribution is 2.47. The van der Waals surface area contributed by atoms with E-state index in [0.29, 0.717) is 45.8 Å². The van der Waals surface area contributed by atoms with Crippen LogP contribution in [0.5, 0.6) is 0 Å². The van der Waals surface area contributed by atoms with Gasteiger partial charge in [-0.15, -0.1) is 0 Å². The molecule has 10 atom stereocenters. The Kier molecular flexibility index (Phi) is 18.5. The Morgan fingerprint density at radius 2 is 0.906 bits per heavy atom. The van der Waals surface area contributed by atoms with Crippen LogP contribution >= 0.6 is 46.4 Å². The average Bonchev–Trinajstić information content (AvgIpc) is 3.23. The minimum atomic E-state index is -1.15. The van der Waals surface area contributed by atoms with Gasteiger partial charge in [0.25, 0.3) is 11.8 Å². The summed E-state index contributed by atoms with van der Waals surface area (Å²) in [6.07, 6.45) is -3.90. The summed E-state index contributed by atoms with van der Waals surface area (Å²) in [5.74, 6) is -3.06. The molecule has 2 aliphatic heterocycles. The normalized spacial score (nSPS) is 23.1. The maximum atomic E-state index is 13.5. The molecule has 12 nitrogen and oxygen atoms in total. The van der Waals surface area contributed by atoms with Crippen molar-refractivity contribution >= 4 is 70.2 Å². The fourth-order valence-electron chi connectivity index (χ4n) is 8.54. The molecule has 4 N–H and O–H groups in total. The Morgan fingerprint density at radius 1 is 0.562 bits per heavy atom. The molecule has 2 amide bonds. The molecule has 0 aliphatic carbocycles. The minimum Gasteiger partial charge on any atom is -0.481 e. The molecule has 2 heterocycles. The van der Waals surface area contributed by atoms with Crippen LogP contribution in [-0.4, -0.2) is 90.5 Å². The lowest BCUT2D eigenvalue weighted by atomic mass is 9.88. The number of carboxylic acid groups (broad SMARTS) is 2. The fraction of sp³-hybridized carbons (Fsp3) is 0.417. The van der Waals surface area contributed by atoms with Crippen molar-refractivity contribution in [2.45, 2.75) is 127 Å². The smallest absolute Gasteiger partial charge is 0.306 e. The quantitative estimate of drug-likeness (QED) is 0.0846. The van der Waals surface area contributed by atoms with Crippen molar-refractivity contribution in [1.29, 1.82) is 0 Å². The first-order valence-corrected chi connectivity index (χ1v) is 22.7. The summed E-state index contributed by atoms with van der Waals surface area (Å²) in [5, 5.41) is 41.1. The minimum absolute atomic E-state index is 0.315. The van der Waals surface area contributed by atoms with E-state index in [2.05, 4.69) is 0 Å².